The Hall–Kier alpha value is -1.88. The van der Waals surface area contributed by atoms with Crippen LogP contribution in [0.3, 0.4) is 0 Å². The van der Waals surface area contributed by atoms with Crippen LogP contribution < -0.4 is 10.6 Å². The van der Waals surface area contributed by atoms with Crippen LogP contribution in [0.5, 0.6) is 0 Å². The van der Waals surface area contributed by atoms with E-state index < -0.39 is 11.5 Å². The standard InChI is InChI=1S/C14H18N2O3/c1-14(7-2-8-16-14)13(19)15-9-10-3-5-11(6-4-10)12(17)18/h3-6,16H,2,7-9H2,1H3,(H,15,19)(H,17,18). The summed E-state index contributed by atoms with van der Waals surface area (Å²) < 4.78 is 0. The Kier molecular flexibility index (Phi) is 3.85. The second-order valence-corrected chi connectivity index (χ2v) is 5.05. The SMILES string of the molecule is CC1(C(=O)NCc2ccc(C(=O)O)cc2)CCCN1. The maximum atomic E-state index is 12.0. The molecule has 0 spiro atoms. The average molecular weight is 262 g/mol. The van der Waals surface area contributed by atoms with E-state index >= 15 is 0 Å². The summed E-state index contributed by atoms with van der Waals surface area (Å²) in [5.74, 6) is -0.953. The molecule has 1 aliphatic heterocycles. The molecular weight excluding hydrogens is 244 g/mol. The number of carbonyl (C=O) groups excluding carboxylic acids is 1. The molecule has 1 aromatic rings. The van der Waals surface area contributed by atoms with Gasteiger partial charge < -0.3 is 15.7 Å². The molecule has 1 aromatic carbocycles. The van der Waals surface area contributed by atoms with Crippen molar-refractivity contribution in [2.75, 3.05) is 6.54 Å². The summed E-state index contributed by atoms with van der Waals surface area (Å²) in [7, 11) is 0. The zero-order valence-corrected chi connectivity index (χ0v) is 10.9. The summed E-state index contributed by atoms with van der Waals surface area (Å²) in [6.07, 6.45) is 1.86. The minimum Gasteiger partial charge on any atom is -0.478 e. The lowest BCUT2D eigenvalue weighted by Gasteiger charge is -2.23. The molecule has 1 fully saturated rings. The van der Waals surface area contributed by atoms with E-state index in [0.29, 0.717) is 6.54 Å². The smallest absolute Gasteiger partial charge is 0.335 e. The van der Waals surface area contributed by atoms with Crippen molar-refractivity contribution in [1.29, 1.82) is 0 Å². The summed E-state index contributed by atoms with van der Waals surface area (Å²) >= 11 is 0. The van der Waals surface area contributed by atoms with E-state index in [9.17, 15) is 9.59 Å². The number of hydrogen-bond acceptors (Lipinski definition) is 3. The first kappa shape index (κ1) is 13.5. The molecule has 1 atom stereocenters. The van der Waals surface area contributed by atoms with E-state index in [1.54, 1.807) is 24.3 Å². The number of carbonyl (C=O) groups is 2. The highest BCUT2D eigenvalue weighted by molar-refractivity contribution is 5.87. The van der Waals surface area contributed by atoms with Crippen molar-refractivity contribution in [3.8, 4) is 0 Å². The number of carboxylic acids is 1. The van der Waals surface area contributed by atoms with Crippen LogP contribution >= 0.6 is 0 Å². The molecule has 5 nitrogen and oxygen atoms in total. The number of nitrogens with one attached hydrogen (secondary N) is 2. The number of rotatable bonds is 4. The lowest BCUT2D eigenvalue weighted by Crippen LogP contribution is -2.50. The van der Waals surface area contributed by atoms with E-state index in [-0.39, 0.29) is 11.5 Å². The number of aromatic carboxylic acids is 1. The van der Waals surface area contributed by atoms with E-state index in [1.165, 1.54) is 0 Å². The van der Waals surface area contributed by atoms with E-state index in [4.69, 9.17) is 5.11 Å². The van der Waals surface area contributed by atoms with E-state index in [2.05, 4.69) is 10.6 Å². The van der Waals surface area contributed by atoms with Crippen LogP contribution in [-0.4, -0.2) is 29.1 Å². The average Bonchev–Trinajstić information content (AvgIpc) is 2.84. The van der Waals surface area contributed by atoms with Gasteiger partial charge in [0.2, 0.25) is 5.91 Å². The number of carboxylic acid groups (broad SMARTS) is 1. The fraction of sp³-hybridized carbons (Fsp3) is 0.429. The van der Waals surface area contributed by atoms with Gasteiger partial charge >= 0.3 is 5.97 Å². The van der Waals surface area contributed by atoms with Gasteiger partial charge in [-0.3, -0.25) is 4.79 Å². The highest BCUT2D eigenvalue weighted by Gasteiger charge is 2.35. The molecule has 102 valence electrons. The van der Waals surface area contributed by atoms with Gasteiger partial charge in [0.05, 0.1) is 11.1 Å². The van der Waals surface area contributed by atoms with Crippen molar-refractivity contribution < 1.29 is 14.7 Å². The second kappa shape index (κ2) is 5.40. The second-order valence-electron chi connectivity index (χ2n) is 5.05. The first-order valence-corrected chi connectivity index (χ1v) is 6.37. The zero-order valence-electron chi connectivity index (χ0n) is 10.9. The van der Waals surface area contributed by atoms with Gasteiger partial charge in [-0.25, -0.2) is 4.79 Å². The minimum absolute atomic E-state index is 0.00712. The third-order valence-electron chi connectivity index (χ3n) is 3.52. The highest BCUT2D eigenvalue weighted by Crippen LogP contribution is 2.18. The molecule has 0 saturated carbocycles. The van der Waals surface area contributed by atoms with Gasteiger partial charge in [-0.1, -0.05) is 12.1 Å². The molecule has 0 bridgehead atoms. The summed E-state index contributed by atoms with van der Waals surface area (Å²) in [5.41, 5.74) is 0.667. The van der Waals surface area contributed by atoms with Crippen molar-refractivity contribution in [2.45, 2.75) is 31.8 Å². The molecule has 1 amide bonds. The van der Waals surface area contributed by atoms with Gasteiger partial charge in [0, 0.05) is 6.54 Å². The van der Waals surface area contributed by atoms with Gasteiger partial charge in [0.15, 0.2) is 0 Å². The molecule has 0 aromatic heterocycles. The van der Waals surface area contributed by atoms with Crippen molar-refractivity contribution in [3.63, 3.8) is 0 Å². The summed E-state index contributed by atoms with van der Waals surface area (Å²) in [6.45, 7) is 3.19. The Labute approximate surface area is 112 Å². The van der Waals surface area contributed by atoms with Gasteiger partial charge in [-0.2, -0.15) is 0 Å². The summed E-state index contributed by atoms with van der Waals surface area (Å²) in [6, 6.07) is 6.51. The molecule has 1 aliphatic rings. The third kappa shape index (κ3) is 3.12. The molecule has 19 heavy (non-hydrogen) atoms. The Balaban J connectivity index is 1.91. The van der Waals surface area contributed by atoms with Crippen LogP contribution in [-0.2, 0) is 11.3 Å². The van der Waals surface area contributed by atoms with E-state index in [1.807, 2.05) is 6.92 Å². The monoisotopic (exact) mass is 262 g/mol. The quantitative estimate of drug-likeness (QED) is 0.760. The summed E-state index contributed by atoms with van der Waals surface area (Å²) in [5, 5.41) is 14.9. The highest BCUT2D eigenvalue weighted by atomic mass is 16.4. The van der Waals surface area contributed by atoms with Crippen LogP contribution in [0.25, 0.3) is 0 Å². The van der Waals surface area contributed by atoms with Gasteiger partial charge in [0.25, 0.3) is 0 Å². The first-order valence-electron chi connectivity index (χ1n) is 6.37. The predicted octanol–water partition coefficient (Wildman–Crippen LogP) is 1.14. The lowest BCUT2D eigenvalue weighted by molar-refractivity contribution is -0.126. The van der Waals surface area contributed by atoms with Crippen molar-refractivity contribution in [1.82, 2.24) is 10.6 Å². The molecule has 3 N–H and O–H groups in total. The fourth-order valence-electron chi connectivity index (χ4n) is 2.23. The largest absolute Gasteiger partial charge is 0.478 e. The van der Waals surface area contributed by atoms with Gasteiger partial charge in [0.1, 0.15) is 0 Å². The molecule has 1 heterocycles. The molecule has 5 heteroatoms. The number of amides is 1. The Morgan fingerprint density at radius 1 is 1.37 bits per heavy atom. The zero-order chi connectivity index (χ0) is 13.9. The Morgan fingerprint density at radius 3 is 2.58 bits per heavy atom. The van der Waals surface area contributed by atoms with Crippen molar-refractivity contribution >= 4 is 11.9 Å². The predicted molar refractivity (Wildman–Crippen MR) is 70.9 cm³/mol. The maximum Gasteiger partial charge on any atom is 0.335 e. The molecule has 0 radical (unpaired) electrons. The number of hydrogen-bond donors (Lipinski definition) is 3. The fourth-order valence-corrected chi connectivity index (χ4v) is 2.23. The third-order valence-corrected chi connectivity index (χ3v) is 3.52. The molecule has 2 rings (SSSR count). The van der Waals surface area contributed by atoms with Crippen LogP contribution in [0.2, 0.25) is 0 Å². The van der Waals surface area contributed by atoms with Crippen LogP contribution in [0.15, 0.2) is 24.3 Å². The Bertz CT molecular complexity index is 476. The van der Waals surface area contributed by atoms with E-state index in [0.717, 1.165) is 24.9 Å². The van der Waals surface area contributed by atoms with Crippen molar-refractivity contribution in [3.05, 3.63) is 35.4 Å². The van der Waals surface area contributed by atoms with Crippen LogP contribution in [0.1, 0.15) is 35.7 Å². The number of benzene rings is 1. The van der Waals surface area contributed by atoms with Crippen LogP contribution in [0, 0.1) is 0 Å². The lowest BCUT2D eigenvalue weighted by atomic mass is 9.99. The molecule has 1 unspecified atom stereocenters. The normalized spacial score (nSPS) is 22.2. The topological polar surface area (TPSA) is 78.4 Å². The van der Waals surface area contributed by atoms with Crippen LogP contribution in [0.4, 0.5) is 0 Å². The summed E-state index contributed by atoms with van der Waals surface area (Å²) in [4.78, 5) is 22.8. The van der Waals surface area contributed by atoms with Crippen molar-refractivity contribution in [2.24, 2.45) is 0 Å². The maximum absolute atomic E-state index is 12.0. The molecular formula is C14H18N2O3. The molecule has 0 aliphatic carbocycles. The molecule has 1 saturated heterocycles. The minimum atomic E-state index is -0.946. The van der Waals surface area contributed by atoms with Gasteiger partial charge in [-0.15, -0.1) is 0 Å². The first-order chi connectivity index (χ1) is 9.01. The van der Waals surface area contributed by atoms with Gasteiger partial charge in [-0.05, 0) is 44.0 Å². The Morgan fingerprint density at radius 2 is 2.05 bits per heavy atom.